The van der Waals surface area contributed by atoms with E-state index in [0.717, 1.165) is 0 Å². The van der Waals surface area contributed by atoms with Crippen LogP contribution >= 0.6 is 38.5 Å². The van der Waals surface area contributed by atoms with Crippen LogP contribution in [0.2, 0.25) is 0 Å². The van der Waals surface area contributed by atoms with Crippen molar-refractivity contribution < 1.29 is 9.18 Å². The van der Waals surface area contributed by atoms with E-state index in [-0.39, 0.29) is 16.9 Å². The van der Waals surface area contributed by atoms with E-state index < -0.39 is 0 Å². The van der Waals surface area contributed by atoms with Crippen LogP contribution in [0.3, 0.4) is 0 Å². The van der Waals surface area contributed by atoms with Crippen molar-refractivity contribution >= 4 is 44.3 Å². The third-order valence-electron chi connectivity index (χ3n) is 1.37. The summed E-state index contributed by atoms with van der Waals surface area (Å²) < 4.78 is 13.3. The van der Waals surface area contributed by atoms with E-state index in [1.165, 1.54) is 12.1 Å². The molecule has 1 rings (SSSR count). The van der Waals surface area contributed by atoms with E-state index in [1.54, 1.807) is 6.07 Å². The second-order valence-electron chi connectivity index (χ2n) is 2.16. The van der Waals surface area contributed by atoms with Gasteiger partial charge in [0.25, 0.3) is 0 Å². The van der Waals surface area contributed by atoms with Crippen LogP contribution in [0.5, 0.6) is 0 Å². The van der Waals surface area contributed by atoms with Gasteiger partial charge in [-0.25, -0.2) is 4.39 Å². The molecular weight excluding hydrogens is 338 g/mol. The van der Waals surface area contributed by atoms with Crippen molar-refractivity contribution in [3.05, 3.63) is 33.1 Å². The maximum absolute atomic E-state index is 12.9. The lowest BCUT2D eigenvalue weighted by Gasteiger charge is -2.00. The Hall–Kier alpha value is 0.0300. The molecule has 0 atom stereocenters. The Kier molecular flexibility index (Phi) is 3.64. The third-order valence-corrected chi connectivity index (χ3v) is 2.98. The summed E-state index contributed by atoms with van der Waals surface area (Å²) >= 11 is 4.86. The number of carbonyl (C=O) groups is 1. The molecule has 0 aromatic heterocycles. The van der Waals surface area contributed by atoms with E-state index in [1.807, 2.05) is 22.6 Å². The van der Waals surface area contributed by atoms with Gasteiger partial charge in [0.05, 0.1) is 8.90 Å². The van der Waals surface area contributed by atoms with E-state index in [4.69, 9.17) is 0 Å². The normalized spacial score (nSPS) is 9.92. The molecule has 0 bridgehead atoms. The molecule has 0 unspecified atom stereocenters. The first-order valence-corrected chi connectivity index (χ1v) is 5.40. The molecule has 0 radical (unpaired) electrons. The number of hydrogen-bond donors (Lipinski definition) is 0. The van der Waals surface area contributed by atoms with Crippen molar-refractivity contribution in [2.24, 2.45) is 0 Å². The summed E-state index contributed by atoms with van der Waals surface area (Å²) in [7, 11) is 0. The summed E-state index contributed by atoms with van der Waals surface area (Å²) in [5.74, 6) is -0.443. The fraction of sp³-hybridized carbons (Fsp3) is 0.125. The quantitative estimate of drug-likeness (QED) is 0.459. The van der Waals surface area contributed by atoms with Gasteiger partial charge < -0.3 is 0 Å². The van der Waals surface area contributed by atoms with Gasteiger partial charge in [0.2, 0.25) is 0 Å². The second-order valence-corrected chi connectivity index (χ2v) is 3.80. The van der Waals surface area contributed by atoms with Crippen molar-refractivity contribution in [2.45, 2.75) is 0 Å². The van der Waals surface area contributed by atoms with Gasteiger partial charge >= 0.3 is 0 Å². The first-order valence-electron chi connectivity index (χ1n) is 3.20. The first kappa shape index (κ1) is 10.1. The van der Waals surface area contributed by atoms with E-state index in [2.05, 4.69) is 15.9 Å². The zero-order chi connectivity index (χ0) is 9.14. The monoisotopic (exact) mass is 342 g/mol. The smallest absolute Gasteiger partial charge is 0.174 e. The Labute approximate surface area is 91.6 Å². The number of halogens is 3. The molecule has 0 saturated carbocycles. The minimum atomic E-state index is -0.345. The fourth-order valence-electron chi connectivity index (χ4n) is 0.791. The summed E-state index contributed by atoms with van der Waals surface area (Å²) in [5, 5.41) is 0.229. The average molecular weight is 343 g/mol. The van der Waals surface area contributed by atoms with Crippen molar-refractivity contribution in [1.82, 2.24) is 0 Å². The summed E-state index contributed by atoms with van der Waals surface area (Å²) in [4.78, 5) is 11.2. The molecule has 1 aromatic rings. The highest BCUT2D eigenvalue weighted by Gasteiger charge is 2.10. The van der Waals surface area contributed by atoms with Gasteiger partial charge in [-0.1, -0.05) is 28.1 Å². The van der Waals surface area contributed by atoms with E-state index >= 15 is 0 Å². The highest BCUT2D eigenvalue weighted by atomic mass is 127. The zero-order valence-corrected chi connectivity index (χ0v) is 9.72. The highest BCUT2D eigenvalue weighted by molar-refractivity contribution is 14.1. The molecule has 0 aliphatic carbocycles. The molecule has 0 heterocycles. The predicted octanol–water partition coefficient (Wildman–Crippen LogP) is 3.01. The highest BCUT2D eigenvalue weighted by Crippen LogP contribution is 2.16. The van der Waals surface area contributed by atoms with Gasteiger partial charge in [-0.15, -0.1) is 0 Å². The van der Waals surface area contributed by atoms with Gasteiger partial charge in [-0.3, -0.25) is 4.79 Å². The fourth-order valence-corrected chi connectivity index (χ4v) is 1.75. The van der Waals surface area contributed by atoms with Crippen molar-refractivity contribution in [3.63, 3.8) is 0 Å². The summed E-state index contributed by atoms with van der Waals surface area (Å²) in [6, 6.07) is 4.49. The lowest BCUT2D eigenvalue weighted by Crippen LogP contribution is -2.03. The number of ketones is 1. The van der Waals surface area contributed by atoms with Crippen LogP contribution in [-0.2, 0) is 0 Å². The molecule has 0 aliphatic heterocycles. The van der Waals surface area contributed by atoms with Gasteiger partial charge in [0.1, 0.15) is 5.82 Å². The van der Waals surface area contributed by atoms with Gasteiger partial charge in [-0.2, -0.15) is 0 Å². The Morgan fingerprint density at radius 3 is 2.83 bits per heavy atom. The number of benzene rings is 1. The van der Waals surface area contributed by atoms with Crippen LogP contribution in [0.15, 0.2) is 18.2 Å². The minimum absolute atomic E-state index is 0.0982. The molecule has 4 heteroatoms. The molecule has 0 spiro atoms. The molecule has 0 saturated heterocycles. The zero-order valence-electron chi connectivity index (χ0n) is 5.98. The first-order chi connectivity index (χ1) is 5.66. The van der Waals surface area contributed by atoms with Crippen LogP contribution in [0, 0.1) is 9.39 Å². The third kappa shape index (κ3) is 2.04. The Bertz CT molecular complexity index is 314. The van der Waals surface area contributed by atoms with Crippen LogP contribution < -0.4 is 0 Å². The maximum atomic E-state index is 12.9. The van der Waals surface area contributed by atoms with Gasteiger partial charge in [0, 0.05) is 5.56 Å². The standard InChI is InChI=1S/C8H5BrFIO/c9-4-7(12)5-2-1-3-6(10)8(5)11/h1-3H,4H2. The largest absolute Gasteiger partial charge is 0.293 e. The molecule has 0 fully saturated rings. The number of Topliss-reactive ketones (excluding diaryl/α,β-unsaturated/α-hetero) is 1. The molecule has 0 amide bonds. The molecule has 0 aliphatic rings. The van der Waals surface area contributed by atoms with Crippen molar-refractivity contribution in [3.8, 4) is 0 Å². The van der Waals surface area contributed by atoms with Gasteiger partial charge in [-0.05, 0) is 28.7 Å². The Balaban J connectivity index is 3.16. The van der Waals surface area contributed by atoms with Crippen molar-refractivity contribution in [2.75, 3.05) is 5.33 Å². The van der Waals surface area contributed by atoms with Gasteiger partial charge in [0.15, 0.2) is 5.78 Å². The Morgan fingerprint density at radius 2 is 2.25 bits per heavy atom. The van der Waals surface area contributed by atoms with Crippen LogP contribution in [-0.4, -0.2) is 11.1 Å². The molecular formula is C8H5BrFIO. The summed E-state index contributed by atoms with van der Waals surface area (Å²) in [6.45, 7) is 0. The number of hydrogen-bond acceptors (Lipinski definition) is 1. The molecule has 12 heavy (non-hydrogen) atoms. The van der Waals surface area contributed by atoms with Crippen LogP contribution in [0.1, 0.15) is 10.4 Å². The van der Waals surface area contributed by atoms with E-state index in [9.17, 15) is 9.18 Å². The topological polar surface area (TPSA) is 17.1 Å². The molecule has 0 N–H and O–H groups in total. The van der Waals surface area contributed by atoms with Crippen LogP contribution in [0.25, 0.3) is 0 Å². The average Bonchev–Trinajstić information content (AvgIpc) is 2.08. The number of rotatable bonds is 2. The SMILES string of the molecule is O=C(CBr)c1cccc(F)c1I. The second kappa shape index (κ2) is 4.32. The lowest BCUT2D eigenvalue weighted by molar-refractivity contribution is 0.102. The van der Waals surface area contributed by atoms with Crippen LogP contribution in [0.4, 0.5) is 4.39 Å². The van der Waals surface area contributed by atoms with E-state index in [0.29, 0.717) is 9.13 Å². The molecule has 1 aromatic carbocycles. The lowest BCUT2D eigenvalue weighted by atomic mass is 10.1. The number of carbonyl (C=O) groups excluding carboxylic acids is 1. The molecule has 64 valence electrons. The maximum Gasteiger partial charge on any atom is 0.174 e. The minimum Gasteiger partial charge on any atom is -0.293 e. The Morgan fingerprint density at radius 1 is 1.58 bits per heavy atom. The number of alkyl halides is 1. The predicted molar refractivity (Wildman–Crippen MR) is 57.2 cm³/mol. The molecule has 1 nitrogen and oxygen atoms in total. The van der Waals surface area contributed by atoms with Crippen molar-refractivity contribution in [1.29, 1.82) is 0 Å². The summed E-state index contributed by atoms with van der Waals surface area (Å²) in [6.07, 6.45) is 0. The summed E-state index contributed by atoms with van der Waals surface area (Å²) in [5.41, 5.74) is 0.437.